The summed E-state index contributed by atoms with van der Waals surface area (Å²) in [5.41, 5.74) is 1.06. The number of amides is 1. The monoisotopic (exact) mass is 317 g/mol. The Balaban J connectivity index is 1.94. The number of hydrogen-bond donors (Lipinski definition) is 1. The summed E-state index contributed by atoms with van der Waals surface area (Å²) < 4.78 is 0. The molecule has 1 N–H and O–H groups in total. The molecule has 128 valence electrons. The predicted octanol–water partition coefficient (Wildman–Crippen LogP) is 2.53. The molecule has 1 aliphatic heterocycles. The molecule has 0 saturated carbocycles. The molecule has 0 aliphatic carbocycles. The van der Waals surface area contributed by atoms with Gasteiger partial charge in [0, 0.05) is 19.1 Å². The predicted molar refractivity (Wildman–Crippen MR) is 95.3 cm³/mol. The van der Waals surface area contributed by atoms with Crippen LogP contribution in [0.25, 0.3) is 0 Å². The summed E-state index contributed by atoms with van der Waals surface area (Å²) >= 11 is 0. The molecule has 2 rings (SSSR count). The number of benzene rings is 1. The standard InChI is InChI=1S/C19H31N3O/c1-5-21(4)18(17-9-7-6-8-10-17)19(23)20-13-16-11-12-22(14-16)15(2)3/h6-10,15-16,18H,5,11-14H2,1-4H3,(H,20,23)/t16-,18+/m1/s1. The Morgan fingerprint density at radius 1 is 1.35 bits per heavy atom. The summed E-state index contributed by atoms with van der Waals surface area (Å²) in [5, 5.41) is 3.19. The second kappa shape index (κ2) is 8.46. The van der Waals surface area contributed by atoms with Crippen LogP contribution in [0.5, 0.6) is 0 Å². The molecule has 1 aromatic carbocycles. The van der Waals surface area contributed by atoms with E-state index in [1.165, 1.54) is 6.42 Å². The topological polar surface area (TPSA) is 35.6 Å². The fraction of sp³-hybridized carbons (Fsp3) is 0.632. The average molecular weight is 317 g/mol. The smallest absolute Gasteiger partial charge is 0.241 e. The van der Waals surface area contributed by atoms with Gasteiger partial charge >= 0.3 is 0 Å². The van der Waals surface area contributed by atoms with Crippen molar-refractivity contribution < 1.29 is 4.79 Å². The van der Waals surface area contributed by atoms with Crippen molar-refractivity contribution in [3.8, 4) is 0 Å². The molecular weight excluding hydrogens is 286 g/mol. The molecule has 0 aromatic heterocycles. The Bertz CT molecular complexity index is 489. The van der Waals surface area contributed by atoms with Crippen LogP contribution >= 0.6 is 0 Å². The van der Waals surface area contributed by atoms with Crippen molar-refractivity contribution in [3.63, 3.8) is 0 Å². The zero-order valence-corrected chi connectivity index (χ0v) is 15.0. The van der Waals surface area contributed by atoms with Gasteiger partial charge in [0.15, 0.2) is 0 Å². The summed E-state index contributed by atoms with van der Waals surface area (Å²) in [7, 11) is 2.01. The van der Waals surface area contributed by atoms with E-state index in [9.17, 15) is 4.79 Å². The second-order valence-corrected chi connectivity index (χ2v) is 6.87. The molecular formula is C19H31N3O. The molecule has 0 unspecified atom stereocenters. The summed E-state index contributed by atoms with van der Waals surface area (Å²) in [6, 6.07) is 10.4. The number of nitrogens with one attached hydrogen (secondary N) is 1. The van der Waals surface area contributed by atoms with E-state index in [0.717, 1.165) is 31.7 Å². The summed E-state index contributed by atoms with van der Waals surface area (Å²) in [6.07, 6.45) is 1.18. The Morgan fingerprint density at radius 3 is 2.61 bits per heavy atom. The normalized spacial score (nSPS) is 20.2. The van der Waals surface area contributed by atoms with E-state index < -0.39 is 0 Å². The first-order chi connectivity index (χ1) is 11.0. The van der Waals surface area contributed by atoms with Gasteiger partial charge in [0.2, 0.25) is 5.91 Å². The van der Waals surface area contributed by atoms with E-state index in [1.807, 2.05) is 37.4 Å². The van der Waals surface area contributed by atoms with Gasteiger partial charge in [-0.05, 0) is 51.9 Å². The van der Waals surface area contributed by atoms with Crippen LogP contribution in [0.3, 0.4) is 0 Å². The van der Waals surface area contributed by atoms with E-state index in [1.54, 1.807) is 0 Å². The highest BCUT2D eigenvalue weighted by atomic mass is 16.2. The van der Waals surface area contributed by atoms with E-state index in [2.05, 4.69) is 35.9 Å². The van der Waals surface area contributed by atoms with Crippen LogP contribution in [0.15, 0.2) is 30.3 Å². The van der Waals surface area contributed by atoms with Crippen molar-refractivity contribution in [1.82, 2.24) is 15.1 Å². The molecule has 4 heteroatoms. The SMILES string of the molecule is CCN(C)[C@H](C(=O)NC[C@H]1CCN(C(C)C)C1)c1ccccc1. The Kier molecular flexibility index (Phi) is 6.60. The van der Waals surface area contributed by atoms with E-state index in [4.69, 9.17) is 0 Å². The summed E-state index contributed by atoms with van der Waals surface area (Å²) in [6.45, 7) is 10.4. The molecule has 1 aliphatic rings. The lowest BCUT2D eigenvalue weighted by Gasteiger charge is -2.27. The van der Waals surface area contributed by atoms with Crippen LogP contribution in [-0.4, -0.2) is 55.0 Å². The van der Waals surface area contributed by atoms with Crippen LogP contribution in [0.1, 0.15) is 38.8 Å². The van der Waals surface area contributed by atoms with Crippen molar-refractivity contribution in [3.05, 3.63) is 35.9 Å². The number of hydrogen-bond acceptors (Lipinski definition) is 3. The largest absolute Gasteiger partial charge is 0.354 e. The molecule has 1 fully saturated rings. The Labute approximate surface area is 140 Å². The zero-order chi connectivity index (χ0) is 16.8. The van der Waals surface area contributed by atoms with E-state index in [-0.39, 0.29) is 11.9 Å². The highest BCUT2D eigenvalue weighted by molar-refractivity contribution is 5.83. The van der Waals surface area contributed by atoms with Crippen LogP contribution in [0.2, 0.25) is 0 Å². The van der Waals surface area contributed by atoms with Gasteiger partial charge in [-0.1, -0.05) is 37.3 Å². The molecule has 0 bridgehead atoms. The lowest BCUT2D eigenvalue weighted by molar-refractivity contribution is -0.126. The fourth-order valence-corrected chi connectivity index (χ4v) is 3.26. The third-order valence-corrected chi connectivity index (χ3v) is 4.92. The molecule has 2 atom stereocenters. The van der Waals surface area contributed by atoms with Crippen LogP contribution in [0.4, 0.5) is 0 Å². The van der Waals surface area contributed by atoms with Gasteiger partial charge in [0.1, 0.15) is 6.04 Å². The molecule has 0 radical (unpaired) electrons. The number of carbonyl (C=O) groups is 1. The van der Waals surface area contributed by atoms with Crippen molar-refractivity contribution in [2.24, 2.45) is 5.92 Å². The van der Waals surface area contributed by atoms with Crippen molar-refractivity contribution in [2.45, 2.75) is 39.3 Å². The van der Waals surface area contributed by atoms with E-state index in [0.29, 0.717) is 12.0 Å². The first-order valence-corrected chi connectivity index (χ1v) is 8.79. The minimum absolute atomic E-state index is 0.114. The molecule has 0 spiro atoms. The van der Waals surface area contributed by atoms with Crippen molar-refractivity contribution >= 4 is 5.91 Å². The molecule has 1 aromatic rings. The van der Waals surface area contributed by atoms with Crippen molar-refractivity contribution in [1.29, 1.82) is 0 Å². The van der Waals surface area contributed by atoms with Gasteiger partial charge < -0.3 is 10.2 Å². The molecule has 1 heterocycles. The minimum Gasteiger partial charge on any atom is -0.354 e. The maximum Gasteiger partial charge on any atom is 0.241 e. The van der Waals surface area contributed by atoms with Gasteiger partial charge in [0.05, 0.1) is 0 Å². The van der Waals surface area contributed by atoms with Gasteiger partial charge in [-0.25, -0.2) is 0 Å². The molecule has 23 heavy (non-hydrogen) atoms. The Hall–Kier alpha value is -1.39. The third-order valence-electron chi connectivity index (χ3n) is 4.92. The Morgan fingerprint density at radius 2 is 2.04 bits per heavy atom. The molecule has 1 saturated heterocycles. The molecule has 4 nitrogen and oxygen atoms in total. The minimum atomic E-state index is -0.205. The number of rotatable bonds is 7. The van der Waals surface area contributed by atoms with Gasteiger partial charge in [0.25, 0.3) is 0 Å². The second-order valence-electron chi connectivity index (χ2n) is 6.87. The lowest BCUT2D eigenvalue weighted by atomic mass is 10.0. The molecule has 1 amide bonds. The van der Waals surface area contributed by atoms with Crippen molar-refractivity contribution in [2.75, 3.05) is 33.2 Å². The maximum absolute atomic E-state index is 12.7. The van der Waals surface area contributed by atoms with Gasteiger partial charge in [-0.15, -0.1) is 0 Å². The first kappa shape index (κ1) is 18.0. The number of likely N-dealkylation sites (tertiary alicyclic amines) is 1. The quantitative estimate of drug-likeness (QED) is 0.839. The summed E-state index contributed by atoms with van der Waals surface area (Å²) in [5.74, 6) is 0.688. The van der Waals surface area contributed by atoms with Gasteiger partial charge in [-0.2, -0.15) is 0 Å². The van der Waals surface area contributed by atoms with Crippen LogP contribution in [-0.2, 0) is 4.79 Å². The lowest BCUT2D eigenvalue weighted by Crippen LogP contribution is -2.41. The number of nitrogens with zero attached hydrogens (tertiary/aromatic N) is 2. The fourth-order valence-electron chi connectivity index (χ4n) is 3.26. The maximum atomic E-state index is 12.7. The highest BCUT2D eigenvalue weighted by Crippen LogP contribution is 2.21. The third kappa shape index (κ3) is 4.79. The van der Waals surface area contributed by atoms with Crippen LogP contribution < -0.4 is 5.32 Å². The number of likely N-dealkylation sites (N-methyl/N-ethyl adjacent to an activating group) is 1. The summed E-state index contributed by atoms with van der Waals surface area (Å²) in [4.78, 5) is 17.3. The van der Waals surface area contributed by atoms with Gasteiger partial charge in [-0.3, -0.25) is 9.69 Å². The number of carbonyl (C=O) groups excluding carboxylic acids is 1. The van der Waals surface area contributed by atoms with E-state index >= 15 is 0 Å². The van der Waals surface area contributed by atoms with Crippen LogP contribution in [0, 0.1) is 5.92 Å². The zero-order valence-electron chi connectivity index (χ0n) is 15.0. The highest BCUT2D eigenvalue weighted by Gasteiger charge is 2.27. The average Bonchev–Trinajstić information content (AvgIpc) is 3.03. The first-order valence-electron chi connectivity index (χ1n) is 8.79.